The van der Waals surface area contributed by atoms with Crippen LogP contribution < -0.4 is 5.32 Å². The lowest BCUT2D eigenvalue weighted by atomic mass is 10.0. The highest BCUT2D eigenvalue weighted by atomic mass is 19.4. The predicted octanol–water partition coefficient (Wildman–Crippen LogP) is 4.03. The molecule has 0 bridgehead atoms. The van der Waals surface area contributed by atoms with Crippen LogP contribution in [-0.4, -0.2) is 53.9 Å². The molecule has 0 spiro atoms. The smallest absolute Gasteiger partial charge is 0.416 e. The molecule has 172 valence electrons. The maximum Gasteiger partial charge on any atom is 0.416 e. The van der Waals surface area contributed by atoms with E-state index in [0.717, 1.165) is 6.07 Å². The zero-order valence-electron chi connectivity index (χ0n) is 18.7. The third-order valence-electron chi connectivity index (χ3n) is 5.15. The number of likely N-dealkylation sites (N-methyl/N-ethyl adjacent to an activating group) is 1. The fourth-order valence-electron chi connectivity index (χ4n) is 2.99. The molecule has 9 heteroatoms. The Morgan fingerprint density at radius 3 is 2.52 bits per heavy atom. The second-order valence-corrected chi connectivity index (χ2v) is 8.27. The molecular weight excluding hydrogens is 409 g/mol. The molecule has 1 atom stereocenters. The number of nitrogens with zero attached hydrogens (tertiary/aromatic N) is 3. The predicted molar refractivity (Wildman–Crippen MR) is 112 cm³/mol. The second-order valence-electron chi connectivity index (χ2n) is 8.27. The van der Waals surface area contributed by atoms with Crippen molar-refractivity contribution in [1.29, 1.82) is 0 Å². The number of aromatic nitrogens is 1. The largest absolute Gasteiger partial charge is 0.447 e. The van der Waals surface area contributed by atoms with Gasteiger partial charge in [-0.25, -0.2) is 4.98 Å². The first kappa shape index (κ1) is 24.9. The molecule has 1 N–H and O–H groups in total. The summed E-state index contributed by atoms with van der Waals surface area (Å²) in [4.78, 5) is 20.4. The summed E-state index contributed by atoms with van der Waals surface area (Å²) in [5.74, 6) is 0.282. The Balaban J connectivity index is 2.12. The van der Waals surface area contributed by atoms with Crippen molar-refractivity contribution in [2.24, 2.45) is 5.92 Å². The van der Waals surface area contributed by atoms with Crippen molar-refractivity contribution in [3.63, 3.8) is 0 Å². The minimum atomic E-state index is -4.39. The molecule has 2 aromatic rings. The Labute approximate surface area is 181 Å². The van der Waals surface area contributed by atoms with Crippen LogP contribution in [-0.2, 0) is 19.3 Å². The summed E-state index contributed by atoms with van der Waals surface area (Å²) in [6.45, 7) is 7.87. The molecule has 0 aliphatic carbocycles. The Hall–Kier alpha value is -2.39. The Bertz CT molecular complexity index is 849. The molecule has 31 heavy (non-hydrogen) atoms. The number of benzene rings is 1. The zero-order chi connectivity index (χ0) is 23.2. The van der Waals surface area contributed by atoms with Crippen LogP contribution in [0.25, 0.3) is 0 Å². The van der Waals surface area contributed by atoms with Gasteiger partial charge in [-0.05, 0) is 38.6 Å². The van der Waals surface area contributed by atoms with E-state index in [1.165, 1.54) is 18.4 Å². The van der Waals surface area contributed by atoms with Gasteiger partial charge in [0, 0.05) is 25.7 Å². The summed E-state index contributed by atoms with van der Waals surface area (Å²) < 4.78 is 44.7. The Morgan fingerprint density at radius 1 is 1.19 bits per heavy atom. The number of amides is 1. The summed E-state index contributed by atoms with van der Waals surface area (Å²) in [6.07, 6.45) is -3.08. The van der Waals surface area contributed by atoms with E-state index in [1.807, 2.05) is 44.7 Å². The maximum absolute atomic E-state index is 13.1. The molecule has 0 saturated carbocycles. The molecule has 0 radical (unpaired) electrons. The van der Waals surface area contributed by atoms with E-state index in [4.69, 9.17) is 4.42 Å². The third kappa shape index (κ3) is 7.66. The van der Waals surface area contributed by atoms with Crippen LogP contribution in [0.5, 0.6) is 0 Å². The maximum atomic E-state index is 13.1. The Kier molecular flexibility index (Phi) is 8.64. The van der Waals surface area contributed by atoms with Gasteiger partial charge in [-0.3, -0.25) is 9.69 Å². The second kappa shape index (κ2) is 10.8. The number of halogens is 3. The van der Waals surface area contributed by atoms with E-state index >= 15 is 0 Å². The van der Waals surface area contributed by atoms with Gasteiger partial charge < -0.3 is 14.6 Å². The standard InChI is InChI=1S/C22H31F3N4O2/c1-15(2)16(3)29(12-17-7-6-8-18(11-17)22(23,24)25)13-20-27-19(14-31-20)21(30)26-9-10-28(4)5/h6-8,11,14-16H,9-10,12-13H2,1-5H3,(H,26,30). The minimum Gasteiger partial charge on any atom is -0.447 e. The van der Waals surface area contributed by atoms with Gasteiger partial charge >= 0.3 is 6.18 Å². The summed E-state index contributed by atoms with van der Waals surface area (Å²) >= 11 is 0. The highest BCUT2D eigenvalue weighted by Crippen LogP contribution is 2.30. The van der Waals surface area contributed by atoms with Crippen molar-refractivity contribution in [1.82, 2.24) is 20.1 Å². The van der Waals surface area contributed by atoms with Gasteiger partial charge in [0.25, 0.3) is 5.91 Å². The number of rotatable bonds is 10. The summed E-state index contributed by atoms with van der Waals surface area (Å²) in [5.41, 5.74) is 0.0652. The van der Waals surface area contributed by atoms with Gasteiger partial charge in [0.2, 0.25) is 5.89 Å². The number of carbonyl (C=O) groups excluding carboxylic acids is 1. The van der Waals surface area contributed by atoms with Crippen LogP contribution in [0.15, 0.2) is 34.9 Å². The van der Waals surface area contributed by atoms with Gasteiger partial charge in [-0.1, -0.05) is 32.0 Å². The lowest BCUT2D eigenvalue weighted by Crippen LogP contribution is -2.36. The highest BCUT2D eigenvalue weighted by molar-refractivity contribution is 5.91. The van der Waals surface area contributed by atoms with Crippen molar-refractivity contribution in [3.8, 4) is 0 Å². The third-order valence-corrected chi connectivity index (χ3v) is 5.15. The number of alkyl halides is 3. The van der Waals surface area contributed by atoms with Gasteiger partial charge in [-0.15, -0.1) is 0 Å². The molecule has 1 unspecified atom stereocenters. The molecule has 1 heterocycles. The molecule has 1 aromatic heterocycles. The normalized spacial score (nSPS) is 13.3. The summed E-state index contributed by atoms with van der Waals surface area (Å²) in [6, 6.07) is 5.37. The molecule has 0 aliphatic rings. The quantitative estimate of drug-likeness (QED) is 0.605. The SMILES string of the molecule is CC(C)C(C)N(Cc1cccc(C(F)(F)F)c1)Cc1nc(C(=O)NCCN(C)C)co1. The first-order valence-corrected chi connectivity index (χ1v) is 10.2. The molecule has 0 saturated heterocycles. The fourth-order valence-corrected chi connectivity index (χ4v) is 2.99. The van der Waals surface area contributed by atoms with Crippen molar-refractivity contribution in [2.75, 3.05) is 27.2 Å². The van der Waals surface area contributed by atoms with Crippen molar-refractivity contribution in [3.05, 3.63) is 53.2 Å². The first-order valence-electron chi connectivity index (χ1n) is 10.2. The Morgan fingerprint density at radius 2 is 1.90 bits per heavy atom. The lowest BCUT2D eigenvalue weighted by molar-refractivity contribution is -0.137. The van der Waals surface area contributed by atoms with E-state index in [0.29, 0.717) is 31.1 Å². The van der Waals surface area contributed by atoms with Gasteiger partial charge in [-0.2, -0.15) is 13.2 Å². The zero-order valence-corrected chi connectivity index (χ0v) is 18.7. The van der Waals surface area contributed by atoms with Crippen LogP contribution in [0.2, 0.25) is 0 Å². The van der Waals surface area contributed by atoms with Crippen LogP contribution in [0.1, 0.15) is 48.3 Å². The van der Waals surface area contributed by atoms with Crippen molar-refractivity contribution < 1.29 is 22.4 Å². The molecular formula is C22H31F3N4O2. The molecule has 0 fully saturated rings. The average Bonchev–Trinajstić information content (AvgIpc) is 3.14. The number of hydrogen-bond acceptors (Lipinski definition) is 5. The monoisotopic (exact) mass is 440 g/mol. The number of nitrogens with one attached hydrogen (secondary N) is 1. The molecule has 6 nitrogen and oxygen atoms in total. The van der Waals surface area contributed by atoms with Crippen LogP contribution in [0.3, 0.4) is 0 Å². The minimum absolute atomic E-state index is 0.0545. The number of hydrogen-bond donors (Lipinski definition) is 1. The van der Waals surface area contributed by atoms with Crippen molar-refractivity contribution in [2.45, 2.75) is 46.1 Å². The van der Waals surface area contributed by atoms with Gasteiger partial charge in [0.15, 0.2) is 5.69 Å². The van der Waals surface area contributed by atoms with E-state index in [1.54, 1.807) is 6.07 Å². The lowest BCUT2D eigenvalue weighted by Gasteiger charge is -2.31. The first-order chi connectivity index (χ1) is 14.5. The van der Waals surface area contributed by atoms with E-state index in [9.17, 15) is 18.0 Å². The fraction of sp³-hybridized carbons (Fsp3) is 0.545. The van der Waals surface area contributed by atoms with E-state index in [2.05, 4.69) is 10.3 Å². The van der Waals surface area contributed by atoms with Crippen LogP contribution in [0.4, 0.5) is 13.2 Å². The van der Waals surface area contributed by atoms with Crippen LogP contribution >= 0.6 is 0 Å². The van der Waals surface area contributed by atoms with Crippen LogP contribution in [0, 0.1) is 5.92 Å². The molecule has 2 rings (SSSR count). The van der Waals surface area contributed by atoms with Gasteiger partial charge in [0.05, 0.1) is 12.1 Å². The van der Waals surface area contributed by atoms with Gasteiger partial charge in [0.1, 0.15) is 6.26 Å². The molecule has 0 aliphatic heterocycles. The summed E-state index contributed by atoms with van der Waals surface area (Å²) in [5, 5.41) is 2.77. The number of carbonyl (C=O) groups is 1. The molecule has 1 aromatic carbocycles. The number of oxazole rings is 1. The molecule has 1 amide bonds. The topological polar surface area (TPSA) is 61.6 Å². The van der Waals surface area contributed by atoms with Crippen molar-refractivity contribution >= 4 is 5.91 Å². The average molecular weight is 441 g/mol. The van der Waals surface area contributed by atoms with E-state index < -0.39 is 11.7 Å². The van der Waals surface area contributed by atoms with E-state index in [-0.39, 0.29) is 30.1 Å². The highest BCUT2D eigenvalue weighted by Gasteiger charge is 2.30. The summed E-state index contributed by atoms with van der Waals surface area (Å²) in [7, 11) is 3.82.